The van der Waals surface area contributed by atoms with Crippen molar-refractivity contribution in [1.82, 2.24) is 0 Å². The van der Waals surface area contributed by atoms with Crippen LogP contribution < -0.4 is 35.4 Å². The zero-order valence-electron chi connectivity index (χ0n) is 26.9. The summed E-state index contributed by atoms with van der Waals surface area (Å²) in [6, 6.07) is 27.7. The third-order valence-electron chi connectivity index (χ3n) is 9.87. The minimum Gasteiger partial charge on any atom is -1.00 e. The van der Waals surface area contributed by atoms with Gasteiger partial charge in [0.1, 0.15) is 0 Å². The fourth-order valence-electron chi connectivity index (χ4n) is 7.34. The molecule has 2 fully saturated rings. The SMILES string of the molecule is CCC(C)P(c1cc2ccccc2[cH-]1)C(C)CC.[Cl-].[Cl-].[Hf+4].c1ccc2[cH-]c(P(C3CCCCC3)C3CCCCC3)cc2c1. The normalized spacial score (nSPS) is 18.1. The maximum atomic E-state index is 2.55. The van der Waals surface area contributed by atoms with Gasteiger partial charge in [-0.3, -0.25) is 0 Å². The Labute approximate surface area is 296 Å². The van der Waals surface area contributed by atoms with Crippen LogP contribution in [0.15, 0.2) is 72.8 Å². The number of fused-ring (bicyclic) bond motifs is 2. The largest absolute Gasteiger partial charge is 4.00 e. The Morgan fingerprint density at radius 2 is 1.02 bits per heavy atom. The van der Waals surface area contributed by atoms with Crippen molar-refractivity contribution in [1.29, 1.82) is 0 Å². The Kier molecular flexibility index (Phi) is 17.8. The van der Waals surface area contributed by atoms with E-state index in [-0.39, 0.29) is 66.5 Å². The average Bonchev–Trinajstić information content (AvgIpc) is 3.63. The van der Waals surface area contributed by atoms with Crippen molar-refractivity contribution in [3.8, 4) is 0 Å². The van der Waals surface area contributed by atoms with E-state index in [1.807, 2.05) is 0 Å². The molecule has 2 unspecified atom stereocenters. The molecule has 0 aromatic heterocycles. The summed E-state index contributed by atoms with van der Waals surface area (Å²) < 4.78 is 0. The van der Waals surface area contributed by atoms with Crippen LogP contribution in [0, 0.1) is 0 Å². The smallest absolute Gasteiger partial charge is 1.00 e. The molecule has 0 amide bonds. The first-order chi connectivity index (χ1) is 19.6. The van der Waals surface area contributed by atoms with Gasteiger partial charge < -0.3 is 24.8 Å². The molecule has 43 heavy (non-hydrogen) atoms. The molecule has 0 spiro atoms. The summed E-state index contributed by atoms with van der Waals surface area (Å²) in [7, 11) is 0.0359. The summed E-state index contributed by atoms with van der Waals surface area (Å²) in [4.78, 5) is 0. The molecule has 5 heteroatoms. The molecule has 0 N–H and O–H groups in total. The topological polar surface area (TPSA) is 0 Å². The van der Waals surface area contributed by atoms with Crippen LogP contribution in [0.2, 0.25) is 0 Å². The maximum Gasteiger partial charge on any atom is 4.00 e. The van der Waals surface area contributed by atoms with Gasteiger partial charge in [0.05, 0.1) is 0 Å². The minimum absolute atomic E-state index is 0. The molecular formula is C38H52Cl2HfP2. The molecule has 232 valence electrons. The first kappa shape index (κ1) is 39.2. The Hall–Kier alpha value is -0.0299. The predicted molar refractivity (Wildman–Crippen MR) is 185 cm³/mol. The quantitative estimate of drug-likeness (QED) is 0.124. The van der Waals surface area contributed by atoms with Crippen molar-refractivity contribution >= 4 is 48.0 Å². The predicted octanol–water partition coefficient (Wildman–Crippen LogP) is 5.60. The summed E-state index contributed by atoms with van der Waals surface area (Å²) in [5.41, 5.74) is 3.69. The van der Waals surface area contributed by atoms with E-state index >= 15 is 0 Å². The molecule has 4 aromatic carbocycles. The number of hydrogen-bond acceptors (Lipinski definition) is 0. The van der Waals surface area contributed by atoms with Gasteiger partial charge >= 0.3 is 25.8 Å². The van der Waals surface area contributed by atoms with Crippen LogP contribution in [0.5, 0.6) is 0 Å². The molecule has 0 aliphatic heterocycles. The average molecular weight is 820 g/mol. The molecule has 0 saturated heterocycles. The van der Waals surface area contributed by atoms with Gasteiger partial charge in [-0.05, 0) is 61.2 Å². The van der Waals surface area contributed by atoms with E-state index in [9.17, 15) is 0 Å². The standard InChI is InChI=1S/C21H28P.C17H24P.2ClH.Hf/c1-3-11-19(12-4-1)22(20-13-5-2-6-14-20)21-15-17-9-7-8-10-18(17)16-21;1-5-13(3)18(14(4)6-2)17-11-15-9-7-8-10-16(15)12-17;;;/h7-10,15-16,19-20H,1-6,11-14H2;7-14H,5-6H2,1-4H3;2*1H;/q2*-1;;;+4/p-2. The second-order valence-corrected chi connectivity index (χ2v) is 18.5. The molecule has 0 heterocycles. The van der Waals surface area contributed by atoms with E-state index in [0.717, 1.165) is 22.6 Å². The van der Waals surface area contributed by atoms with Crippen molar-refractivity contribution in [2.45, 2.75) is 127 Å². The van der Waals surface area contributed by atoms with Crippen LogP contribution in [-0.4, -0.2) is 22.6 Å². The van der Waals surface area contributed by atoms with Gasteiger partial charge in [-0.25, -0.2) is 0 Å². The van der Waals surface area contributed by atoms with Crippen LogP contribution in [0.4, 0.5) is 0 Å². The molecule has 0 bridgehead atoms. The van der Waals surface area contributed by atoms with E-state index in [1.54, 1.807) is 10.6 Å². The molecule has 2 aliphatic rings. The molecule has 2 aliphatic carbocycles. The monoisotopic (exact) mass is 820 g/mol. The molecule has 2 atom stereocenters. The van der Waals surface area contributed by atoms with E-state index < -0.39 is 0 Å². The Morgan fingerprint density at radius 3 is 1.44 bits per heavy atom. The third kappa shape index (κ3) is 9.98. The molecular weight excluding hydrogens is 768 g/mol. The molecule has 0 nitrogen and oxygen atoms in total. The minimum atomic E-state index is -0.0252. The number of benzene rings is 2. The fraction of sp³-hybridized carbons (Fsp3) is 0.526. The Balaban J connectivity index is 0.000000286. The van der Waals surface area contributed by atoms with Crippen LogP contribution in [-0.2, 0) is 25.8 Å². The van der Waals surface area contributed by atoms with Crippen LogP contribution in [0.25, 0.3) is 21.5 Å². The Morgan fingerprint density at radius 1 is 0.628 bits per heavy atom. The van der Waals surface area contributed by atoms with Gasteiger partial charge in [-0.2, -0.15) is 12.1 Å². The fourth-order valence-corrected chi connectivity index (χ4v) is 14.5. The summed E-state index contributed by atoms with van der Waals surface area (Å²) in [6.45, 7) is 9.50. The van der Waals surface area contributed by atoms with E-state index in [2.05, 4.69) is 100 Å². The van der Waals surface area contributed by atoms with E-state index in [0.29, 0.717) is 0 Å². The summed E-state index contributed by atoms with van der Waals surface area (Å²) in [5, 5.41) is 9.09. The summed E-state index contributed by atoms with van der Waals surface area (Å²) in [6.07, 6.45) is 17.5. The van der Waals surface area contributed by atoms with Gasteiger partial charge in [0, 0.05) is 0 Å². The van der Waals surface area contributed by atoms with Gasteiger partial charge in [-0.15, -0.1) is 80.7 Å². The zero-order chi connectivity index (χ0) is 27.9. The van der Waals surface area contributed by atoms with Gasteiger partial charge in [0.2, 0.25) is 0 Å². The van der Waals surface area contributed by atoms with Crippen molar-refractivity contribution in [3.05, 3.63) is 72.8 Å². The van der Waals surface area contributed by atoms with Crippen molar-refractivity contribution < 1.29 is 50.7 Å². The molecule has 6 rings (SSSR count). The first-order valence-electron chi connectivity index (χ1n) is 16.5. The molecule has 4 aromatic rings. The van der Waals surface area contributed by atoms with Crippen LogP contribution >= 0.6 is 15.8 Å². The second kappa shape index (κ2) is 19.6. The number of rotatable bonds is 8. The maximum absolute atomic E-state index is 2.55. The summed E-state index contributed by atoms with van der Waals surface area (Å²) in [5.74, 6) is 0. The summed E-state index contributed by atoms with van der Waals surface area (Å²) >= 11 is 0. The molecule has 0 radical (unpaired) electrons. The van der Waals surface area contributed by atoms with Crippen LogP contribution in [0.1, 0.15) is 105 Å². The van der Waals surface area contributed by atoms with Gasteiger partial charge in [-0.1, -0.05) is 94.2 Å². The van der Waals surface area contributed by atoms with Crippen molar-refractivity contribution in [2.75, 3.05) is 0 Å². The van der Waals surface area contributed by atoms with Gasteiger partial charge in [0.15, 0.2) is 0 Å². The first-order valence-corrected chi connectivity index (χ1v) is 19.4. The van der Waals surface area contributed by atoms with Crippen molar-refractivity contribution in [3.63, 3.8) is 0 Å². The van der Waals surface area contributed by atoms with Gasteiger partial charge in [0.25, 0.3) is 0 Å². The van der Waals surface area contributed by atoms with E-state index in [4.69, 9.17) is 0 Å². The number of halogens is 2. The van der Waals surface area contributed by atoms with Crippen molar-refractivity contribution in [2.24, 2.45) is 0 Å². The molecule has 2 saturated carbocycles. The van der Waals surface area contributed by atoms with E-state index in [1.165, 1.54) is 98.6 Å². The zero-order valence-corrected chi connectivity index (χ0v) is 33.8. The van der Waals surface area contributed by atoms with Crippen LogP contribution in [0.3, 0.4) is 0 Å². The Bertz CT molecular complexity index is 1220. The second-order valence-electron chi connectivity index (χ2n) is 12.6. The number of hydrogen-bond donors (Lipinski definition) is 0. The third-order valence-corrected chi connectivity index (χ3v) is 16.8.